The Labute approximate surface area is 216 Å². The van der Waals surface area contributed by atoms with Crippen LogP contribution < -0.4 is 15.4 Å². The van der Waals surface area contributed by atoms with E-state index in [0.29, 0.717) is 36.6 Å². The number of halogens is 1. The molecule has 0 aromatic heterocycles. The summed E-state index contributed by atoms with van der Waals surface area (Å²) in [7, 11) is 3.27. The molecule has 3 atom stereocenters. The number of methoxy groups -OCH3 is 1. The van der Waals surface area contributed by atoms with Crippen LogP contribution in [0.1, 0.15) is 37.6 Å². The minimum atomic E-state index is -0.587. The van der Waals surface area contributed by atoms with Gasteiger partial charge in [-0.1, -0.05) is 19.9 Å². The summed E-state index contributed by atoms with van der Waals surface area (Å²) in [6.07, 6.45) is 0.0756. The van der Waals surface area contributed by atoms with Crippen LogP contribution in [0.4, 0.5) is 20.6 Å². The minimum Gasteiger partial charge on any atom is -0.491 e. The molecule has 0 radical (unpaired) electrons. The Morgan fingerprint density at radius 1 is 1.11 bits per heavy atom. The van der Waals surface area contributed by atoms with E-state index in [-0.39, 0.29) is 42.0 Å². The third kappa shape index (κ3) is 7.19. The lowest BCUT2D eigenvalue weighted by molar-refractivity contribution is -0.135. The molecule has 0 spiro atoms. The van der Waals surface area contributed by atoms with Crippen LogP contribution in [0.2, 0.25) is 0 Å². The maximum atomic E-state index is 13.4. The third-order valence-corrected chi connectivity index (χ3v) is 6.41. The van der Waals surface area contributed by atoms with Crippen LogP contribution in [0.5, 0.6) is 5.75 Å². The van der Waals surface area contributed by atoms with Crippen molar-refractivity contribution in [2.45, 2.75) is 39.3 Å². The van der Waals surface area contributed by atoms with Gasteiger partial charge in [-0.15, -0.1) is 0 Å². The molecule has 1 heterocycles. The Hall–Kier alpha value is -3.66. The molecule has 10 heteroatoms. The fraction of sp³-hybridized carbons (Fsp3) is 0.444. The number of nitrogens with one attached hydrogen (secondary N) is 2. The van der Waals surface area contributed by atoms with E-state index >= 15 is 0 Å². The van der Waals surface area contributed by atoms with Crippen LogP contribution in [0.15, 0.2) is 42.5 Å². The number of nitrogens with zero attached hydrogens (tertiary/aromatic N) is 2. The van der Waals surface area contributed by atoms with E-state index in [9.17, 15) is 18.8 Å². The average Bonchev–Trinajstić information content (AvgIpc) is 2.87. The number of carbonyl (C=O) groups is 3. The molecule has 9 nitrogen and oxygen atoms in total. The Balaban J connectivity index is 1.88. The second-order valence-corrected chi connectivity index (χ2v) is 9.30. The fourth-order valence-corrected chi connectivity index (χ4v) is 4.26. The largest absolute Gasteiger partial charge is 0.491 e. The number of hydrogen-bond donors (Lipinski definition) is 2. The summed E-state index contributed by atoms with van der Waals surface area (Å²) in [5.74, 6) is -0.445. The molecule has 0 unspecified atom stereocenters. The molecular weight excluding hydrogens is 479 g/mol. The van der Waals surface area contributed by atoms with Crippen molar-refractivity contribution < 1.29 is 28.2 Å². The highest BCUT2D eigenvalue weighted by Crippen LogP contribution is 2.27. The molecule has 3 rings (SSSR count). The van der Waals surface area contributed by atoms with Crippen LogP contribution in [0.3, 0.4) is 0 Å². The molecule has 0 fully saturated rings. The van der Waals surface area contributed by atoms with E-state index < -0.39 is 11.8 Å². The predicted octanol–water partition coefficient (Wildman–Crippen LogP) is 4.21. The highest BCUT2D eigenvalue weighted by molar-refractivity contribution is 6.02. The highest BCUT2D eigenvalue weighted by atomic mass is 19.1. The molecule has 1 aliphatic heterocycles. The molecule has 2 aromatic rings. The lowest BCUT2D eigenvalue weighted by Gasteiger charge is -2.36. The normalized spacial score (nSPS) is 20.7. The summed E-state index contributed by atoms with van der Waals surface area (Å²) in [5, 5.41) is 5.23. The van der Waals surface area contributed by atoms with Crippen LogP contribution in [-0.4, -0.2) is 73.6 Å². The number of ether oxygens (including phenoxy) is 2. The van der Waals surface area contributed by atoms with E-state index in [1.165, 1.54) is 24.3 Å². The maximum Gasteiger partial charge on any atom is 0.323 e. The van der Waals surface area contributed by atoms with Crippen molar-refractivity contribution in [2.75, 3.05) is 44.5 Å². The molecule has 2 N–H and O–H groups in total. The Morgan fingerprint density at radius 2 is 1.81 bits per heavy atom. The van der Waals surface area contributed by atoms with Crippen molar-refractivity contribution in [3.05, 3.63) is 53.8 Å². The number of urea groups is 1. The smallest absolute Gasteiger partial charge is 0.323 e. The molecule has 1 aliphatic rings. The van der Waals surface area contributed by atoms with E-state index in [4.69, 9.17) is 9.47 Å². The van der Waals surface area contributed by atoms with Gasteiger partial charge in [-0.25, -0.2) is 9.18 Å². The van der Waals surface area contributed by atoms with Gasteiger partial charge >= 0.3 is 6.03 Å². The van der Waals surface area contributed by atoms with E-state index in [1.807, 2.05) is 20.8 Å². The van der Waals surface area contributed by atoms with Crippen LogP contribution in [-0.2, 0) is 9.53 Å². The predicted molar refractivity (Wildman–Crippen MR) is 139 cm³/mol. The van der Waals surface area contributed by atoms with Crippen LogP contribution >= 0.6 is 0 Å². The molecule has 0 aliphatic carbocycles. The first-order valence-electron chi connectivity index (χ1n) is 12.3. The van der Waals surface area contributed by atoms with Crippen LogP contribution in [0, 0.1) is 11.7 Å². The first-order valence-corrected chi connectivity index (χ1v) is 12.3. The number of hydrogen-bond acceptors (Lipinski definition) is 5. The maximum absolute atomic E-state index is 13.4. The molecule has 37 heavy (non-hydrogen) atoms. The Morgan fingerprint density at radius 3 is 2.46 bits per heavy atom. The molecule has 0 saturated carbocycles. The SMILES string of the molecule is CCC(=O)N1C[C@H](C)[C@@H](OC)CN(C)C(=O)c2cc(NC(=O)Nc3cccc(F)c3)ccc2OC[C@@H]1C. The topological polar surface area (TPSA) is 100 Å². The number of carbonyl (C=O) groups excluding carboxylic acids is 3. The van der Waals surface area contributed by atoms with Gasteiger partial charge in [0.25, 0.3) is 5.91 Å². The quantitative estimate of drug-likeness (QED) is 0.637. The van der Waals surface area contributed by atoms with Gasteiger partial charge in [-0.3, -0.25) is 9.59 Å². The number of benzene rings is 2. The van der Waals surface area contributed by atoms with Crippen molar-refractivity contribution in [3.63, 3.8) is 0 Å². The van der Waals surface area contributed by atoms with Gasteiger partial charge in [0, 0.05) is 51.0 Å². The Kier molecular flexibility index (Phi) is 9.46. The van der Waals surface area contributed by atoms with Gasteiger partial charge in [0.15, 0.2) is 0 Å². The number of rotatable bonds is 4. The van der Waals surface area contributed by atoms with Crippen molar-refractivity contribution in [1.29, 1.82) is 0 Å². The van der Waals surface area contributed by atoms with E-state index in [0.717, 1.165) is 0 Å². The zero-order chi connectivity index (χ0) is 27.1. The Bertz CT molecular complexity index is 1130. The summed E-state index contributed by atoms with van der Waals surface area (Å²) < 4.78 is 25.2. The first-order chi connectivity index (χ1) is 17.6. The average molecular weight is 515 g/mol. The van der Waals surface area contributed by atoms with Crippen molar-refractivity contribution in [3.8, 4) is 5.75 Å². The minimum absolute atomic E-state index is 0.0170. The van der Waals surface area contributed by atoms with Crippen molar-refractivity contribution >= 4 is 29.2 Å². The van der Waals surface area contributed by atoms with E-state index in [2.05, 4.69) is 10.6 Å². The number of amides is 4. The second kappa shape index (κ2) is 12.5. The molecule has 4 amide bonds. The number of fused-ring (bicyclic) bond motifs is 1. The van der Waals surface area contributed by atoms with Crippen molar-refractivity contribution in [1.82, 2.24) is 9.80 Å². The molecule has 200 valence electrons. The van der Waals surface area contributed by atoms with E-state index in [1.54, 1.807) is 42.2 Å². The van der Waals surface area contributed by atoms with Gasteiger partial charge in [0.2, 0.25) is 5.91 Å². The lowest BCUT2D eigenvalue weighted by atomic mass is 10.0. The van der Waals surface area contributed by atoms with Gasteiger partial charge < -0.3 is 29.9 Å². The van der Waals surface area contributed by atoms with Gasteiger partial charge in [0.05, 0.1) is 17.7 Å². The zero-order valence-corrected chi connectivity index (χ0v) is 21.9. The molecule has 2 aromatic carbocycles. The summed E-state index contributed by atoms with van der Waals surface area (Å²) in [6, 6.07) is 9.47. The first kappa shape index (κ1) is 27.9. The molecule has 0 saturated heterocycles. The summed E-state index contributed by atoms with van der Waals surface area (Å²) in [4.78, 5) is 42.0. The fourth-order valence-electron chi connectivity index (χ4n) is 4.26. The van der Waals surface area contributed by atoms with Crippen molar-refractivity contribution in [2.24, 2.45) is 5.92 Å². The third-order valence-electron chi connectivity index (χ3n) is 6.41. The molecule has 0 bridgehead atoms. The molecular formula is C27H35FN4O5. The second-order valence-electron chi connectivity index (χ2n) is 9.30. The monoisotopic (exact) mass is 514 g/mol. The summed E-state index contributed by atoms with van der Waals surface area (Å²) >= 11 is 0. The van der Waals surface area contributed by atoms with Gasteiger partial charge in [-0.2, -0.15) is 0 Å². The standard InChI is InChI=1S/C27H35FN4O5/c1-6-25(33)32-14-17(2)24(36-5)15-31(4)26(34)22-13-21(10-11-23(22)37-16-18(32)3)30-27(35)29-20-9-7-8-19(28)12-20/h7-13,17-18,24H,6,14-16H2,1-5H3,(H2,29,30,35)/t17-,18-,24-/m0/s1. The summed E-state index contributed by atoms with van der Waals surface area (Å²) in [6.45, 7) is 6.70. The van der Waals surface area contributed by atoms with Gasteiger partial charge in [-0.05, 0) is 43.3 Å². The number of anilines is 2. The number of likely N-dealkylation sites (N-methyl/N-ethyl adjacent to an activating group) is 1. The lowest BCUT2D eigenvalue weighted by Crippen LogP contribution is -2.48. The van der Waals surface area contributed by atoms with Gasteiger partial charge in [0.1, 0.15) is 18.2 Å². The van der Waals surface area contributed by atoms with Crippen LogP contribution in [0.25, 0.3) is 0 Å². The summed E-state index contributed by atoms with van der Waals surface area (Å²) in [5.41, 5.74) is 0.912. The highest BCUT2D eigenvalue weighted by Gasteiger charge is 2.30. The zero-order valence-electron chi connectivity index (χ0n) is 21.9.